The maximum atomic E-state index is 12.6. The van der Waals surface area contributed by atoms with E-state index in [0.717, 1.165) is 4.57 Å². The first-order chi connectivity index (χ1) is 7.91. The van der Waals surface area contributed by atoms with Gasteiger partial charge in [0.15, 0.2) is 0 Å². The van der Waals surface area contributed by atoms with Crippen LogP contribution in [-0.4, -0.2) is 19.5 Å². The van der Waals surface area contributed by atoms with Gasteiger partial charge in [0.1, 0.15) is 6.33 Å². The fourth-order valence-corrected chi connectivity index (χ4v) is 1.53. The summed E-state index contributed by atoms with van der Waals surface area (Å²) in [7, 11) is 1.33. The number of nitrogens with zero attached hydrogens (tertiary/aromatic N) is 4. The van der Waals surface area contributed by atoms with Crippen molar-refractivity contribution in [1.29, 1.82) is 0 Å². The van der Waals surface area contributed by atoms with Gasteiger partial charge in [-0.05, 0) is 6.92 Å². The predicted octanol–water partition coefficient (Wildman–Crippen LogP) is 2.20. The molecule has 17 heavy (non-hydrogen) atoms. The molecule has 0 fully saturated rings. The first kappa shape index (κ1) is 11.6. The van der Waals surface area contributed by atoms with Crippen LogP contribution in [0.2, 0.25) is 0 Å². The first-order valence-corrected chi connectivity index (χ1v) is 4.77. The van der Waals surface area contributed by atoms with Gasteiger partial charge in [0.05, 0.1) is 5.69 Å². The minimum atomic E-state index is -4.46. The standard InChI is InChI=1S/C10H9F3N4/c1-6-8(7-3-14-5-15-4-7)16-9(17(6)2)10(11,12)13/h3-5H,1-2H3. The third kappa shape index (κ3) is 2.00. The van der Waals surface area contributed by atoms with E-state index in [9.17, 15) is 13.2 Å². The summed E-state index contributed by atoms with van der Waals surface area (Å²) in [6.45, 7) is 1.57. The Morgan fingerprint density at radius 3 is 2.24 bits per heavy atom. The van der Waals surface area contributed by atoms with Gasteiger partial charge >= 0.3 is 6.18 Å². The largest absolute Gasteiger partial charge is 0.449 e. The zero-order chi connectivity index (χ0) is 12.6. The molecule has 0 unspecified atom stereocenters. The van der Waals surface area contributed by atoms with Crippen LogP contribution < -0.4 is 0 Å². The highest BCUT2D eigenvalue weighted by molar-refractivity contribution is 5.60. The number of imidazole rings is 1. The minimum absolute atomic E-state index is 0.250. The number of aromatic nitrogens is 4. The molecule has 2 rings (SSSR count). The van der Waals surface area contributed by atoms with Gasteiger partial charge in [0.2, 0.25) is 5.82 Å². The second-order valence-electron chi connectivity index (χ2n) is 3.55. The van der Waals surface area contributed by atoms with E-state index in [1.807, 2.05) is 0 Å². The quantitative estimate of drug-likeness (QED) is 0.770. The van der Waals surface area contributed by atoms with E-state index in [0.29, 0.717) is 11.3 Å². The minimum Gasteiger partial charge on any atom is -0.327 e. The predicted molar refractivity (Wildman–Crippen MR) is 54.0 cm³/mol. The second kappa shape index (κ2) is 3.83. The summed E-state index contributed by atoms with van der Waals surface area (Å²) in [5.41, 5.74) is 1.14. The summed E-state index contributed by atoms with van der Waals surface area (Å²) in [5.74, 6) is -0.922. The number of alkyl halides is 3. The summed E-state index contributed by atoms with van der Waals surface area (Å²) in [6.07, 6.45) is -0.287. The Hall–Kier alpha value is -1.92. The van der Waals surface area contributed by atoms with Gasteiger partial charge in [-0.15, -0.1) is 0 Å². The Kier molecular flexibility index (Phi) is 2.60. The van der Waals surface area contributed by atoms with Crippen molar-refractivity contribution in [3.63, 3.8) is 0 Å². The van der Waals surface area contributed by atoms with E-state index in [4.69, 9.17) is 0 Å². The molecule has 0 atom stereocenters. The molecule has 0 aliphatic rings. The van der Waals surface area contributed by atoms with Crippen molar-refractivity contribution in [2.24, 2.45) is 7.05 Å². The highest BCUT2D eigenvalue weighted by atomic mass is 19.4. The van der Waals surface area contributed by atoms with Gasteiger partial charge in [-0.3, -0.25) is 0 Å². The molecule has 0 aliphatic carbocycles. The van der Waals surface area contributed by atoms with Gasteiger partial charge in [-0.2, -0.15) is 13.2 Å². The van der Waals surface area contributed by atoms with Gasteiger partial charge in [0.25, 0.3) is 0 Å². The maximum Gasteiger partial charge on any atom is 0.449 e. The number of hydrogen-bond donors (Lipinski definition) is 0. The van der Waals surface area contributed by atoms with Crippen LogP contribution in [0.4, 0.5) is 13.2 Å². The summed E-state index contributed by atoms with van der Waals surface area (Å²) in [4.78, 5) is 11.1. The van der Waals surface area contributed by atoms with Crippen LogP contribution in [-0.2, 0) is 13.2 Å². The third-order valence-corrected chi connectivity index (χ3v) is 2.47. The average molecular weight is 242 g/mol. The zero-order valence-electron chi connectivity index (χ0n) is 9.15. The highest BCUT2D eigenvalue weighted by Crippen LogP contribution is 2.32. The SMILES string of the molecule is Cc1c(-c2cncnc2)nc(C(F)(F)F)n1C. The Morgan fingerprint density at radius 2 is 1.76 bits per heavy atom. The Morgan fingerprint density at radius 1 is 1.18 bits per heavy atom. The van der Waals surface area contributed by atoms with Crippen molar-refractivity contribution >= 4 is 0 Å². The van der Waals surface area contributed by atoms with Crippen molar-refractivity contribution in [3.05, 3.63) is 30.2 Å². The molecule has 0 aromatic carbocycles. The van der Waals surface area contributed by atoms with Gasteiger partial charge in [-0.25, -0.2) is 15.0 Å². The number of hydrogen-bond acceptors (Lipinski definition) is 3. The molecular weight excluding hydrogens is 233 g/mol. The molecular formula is C10H9F3N4. The Labute approximate surface area is 95.2 Å². The molecule has 0 N–H and O–H groups in total. The monoisotopic (exact) mass is 242 g/mol. The maximum absolute atomic E-state index is 12.6. The van der Waals surface area contributed by atoms with E-state index in [2.05, 4.69) is 15.0 Å². The first-order valence-electron chi connectivity index (χ1n) is 4.77. The molecule has 0 aliphatic heterocycles. The molecule has 0 saturated heterocycles. The molecule has 4 nitrogen and oxygen atoms in total. The van der Waals surface area contributed by atoms with Crippen molar-refractivity contribution in [2.75, 3.05) is 0 Å². The molecule has 7 heteroatoms. The lowest BCUT2D eigenvalue weighted by Gasteiger charge is -2.05. The molecule has 90 valence electrons. The summed E-state index contributed by atoms with van der Waals surface area (Å²) < 4.78 is 38.9. The fraction of sp³-hybridized carbons (Fsp3) is 0.300. The topological polar surface area (TPSA) is 43.6 Å². The van der Waals surface area contributed by atoms with Crippen molar-refractivity contribution in [3.8, 4) is 11.3 Å². The molecule has 0 radical (unpaired) electrons. The van der Waals surface area contributed by atoms with Crippen LogP contribution >= 0.6 is 0 Å². The van der Waals surface area contributed by atoms with E-state index in [1.165, 1.54) is 25.8 Å². The summed E-state index contributed by atoms with van der Waals surface area (Å²) in [6, 6.07) is 0. The van der Waals surface area contributed by atoms with Crippen LogP contribution in [0, 0.1) is 6.92 Å². The average Bonchev–Trinajstić information content (AvgIpc) is 2.57. The summed E-state index contributed by atoms with van der Waals surface area (Å²) in [5, 5.41) is 0. The van der Waals surface area contributed by atoms with Crippen LogP contribution in [0.1, 0.15) is 11.5 Å². The third-order valence-electron chi connectivity index (χ3n) is 2.47. The van der Waals surface area contributed by atoms with E-state index >= 15 is 0 Å². The fourth-order valence-electron chi connectivity index (χ4n) is 1.53. The number of rotatable bonds is 1. The lowest BCUT2D eigenvalue weighted by molar-refractivity contribution is -0.146. The van der Waals surface area contributed by atoms with Crippen LogP contribution in [0.15, 0.2) is 18.7 Å². The molecule has 2 aromatic rings. The molecule has 0 amide bonds. The zero-order valence-corrected chi connectivity index (χ0v) is 9.15. The lowest BCUT2D eigenvalue weighted by Crippen LogP contribution is -2.13. The van der Waals surface area contributed by atoms with Crippen LogP contribution in [0.25, 0.3) is 11.3 Å². The second-order valence-corrected chi connectivity index (χ2v) is 3.55. The van der Waals surface area contributed by atoms with Crippen molar-refractivity contribution < 1.29 is 13.2 Å². The van der Waals surface area contributed by atoms with Gasteiger partial charge in [0, 0.05) is 30.7 Å². The smallest absolute Gasteiger partial charge is 0.327 e. The number of halogens is 3. The normalized spacial score (nSPS) is 11.8. The van der Waals surface area contributed by atoms with Gasteiger partial charge in [-0.1, -0.05) is 0 Å². The highest BCUT2D eigenvalue weighted by Gasteiger charge is 2.37. The summed E-state index contributed by atoms with van der Waals surface area (Å²) >= 11 is 0. The molecule has 0 saturated carbocycles. The lowest BCUT2D eigenvalue weighted by atomic mass is 10.2. The Bertz CT molecular complexity index is 530. The molecule has 0 spiro atoms. The Balaban J connectivity index is 2.59. The van der Waals surface area contributed by atoms with E-state index < -0.39 is 12.0 Å². The molecule has 2 aromatic heterocycles. The molecule has 0 bridgehead atoms. The van der Waals surface area contributed by atoms with E-state index in [1.54, 1.807) is 6.92 Å². The van der Waals surface area contributed by atoms with Crippen molar-refractivity contribution in [2.45, 2.75) is 13.1 Å². The van der Waals surface area contributed by atoms with Crippen molar-refractivity contribution in [1.82, 2.24) is 19.5 Å². The van der Waals surface area contributed by atoms with Gasteiger partial charge < -0.3 is 4.57 Å². The van der Waals surface area contributed by atoms with Crippen LogP contribution in [0.5, 0.6) is 0 Å². The van der Waals surface area contributed by atoms with E-state index in [-0.39, 0.29) is 5.69 Å². The van der Waals surface area contributed by atoms with Crippen LogP contribution in [0.3, 0.4) is 0 Å². The molecule has 2 heterocycles.